The molecule has 196 valence electrons. The van der Waals surface area contributed by atoms with Gasteiger partial charge in [-0.2, -0.15) is 0 Å². The summed E-state index contributed by atoms with van der Waals surface area (Å²) in [7, 11) is -1.94. The maximum Gasteiger partial charge on any atom is 0.302 e. The van der Waals surface area contributed by atoms with Crippen molar-refractivity contribution in [2.75, 3.05) is 24.7 Å². The second-order valence-corrected chi connectivity index (χ2v) is 11.6. The molecule has 0 aromatic heterocycles. The normalized spacial score (nSPS) is 10.3. The number of carbonyl (C=O) groups excluding carboxylic acids is 4. The largest absolute Gasteiger partial charge is 0.466 e. The highest BCUT2D eigenvalue weighted by Crippen LogP contribution is 2.48. The molecule has 12 heteroatoms. The lowest BCUT2D eigenvalue weighted by atomic mass is 10.2. The number of benzene rings is 2. The highest BCUT2D eigenvalue weighted by Gasteiger charge is 2.32. The van der Waals surface area contributed by atoms with Gasteiger partial charge in [-0.15, -0.1) is 0 Å². The zero-order chi connectivity index (χ0) is 27.3. The molecule has 0 fully saturated rings. The molecule has 0 aliphatic heterocycles. The molecule has 0 saturated carbocycles. The van der Waals surface area contributed by atoms with Gasteiger partial charge in [0.2, 0.25) is 0 Å². The van der Waals surface area contributed by atoms with Crippen LogP contribution >= 0.6 is 70.3 Å². The van der Waals surface area contributed by atoms with Gasteiger partial charge in [0.1, 0.15) is 0 Å². The van der Waals surface area contributed by atoms with Crippen molar-refractivity contribution in [3.05, 3.63) is 67.6 Å². The van der Waals surface area contributed by atoms with E-state index in [0.717, 1.165) is 11.8 Å². The first-order valence-electron chi connectivity index (χ1n) is 10.6. The molecule has 0 saturated heterocycles. The van der Waals surface area contributed by atoms with E-state index in [1.165, 1.54) is 38.1 Å². The quantitative estimate of drug-likeness (QED) is 0.105. The highest BCUT2D eigenvalue weighted by atomic mass is 79.9. The van der Waals surface area contributed by atoms with Gasteiger partial charge in [-0.3, -0.25) is 19.2 Å². The summed E-state index contributed by atoms with van der Waals surface area (Å²) in [6.07, 6.45) is 1.37. The molecular formula is C24H24BrCl4O6P. The van der Waals surface area contributed by atoms with Crippen molar-refractivity contribution in [1.29, 1.82) is 0 Å². The molecule has 36 heavy (non-hydrogen) atoms. The molecule has 2 aromatic rings. The highest BCUT2D eigenvalue weighted by molar-refractivity contribution is 9.09. The van der Waals surface area contributed by atoms with Crippen LogP contribution in [0.1, 0.15) is 47.4 Å². The van der Waals surface area contributed by atoms with Crippen LogP contribution < -0.4 is 0 Å². The molecule has 0 aliphatic rings. The van der Waals surface area contributed by atoms with E-state index in [2.05, 4.69) is 20.7 Å². The van der Waals surface area contributed by atoms with Gasteiger partial charge in [0.25, 0.3) is 0 Å². The maximum absolute atomic E-state index is 13.2. The molecule has 0 atom stereocenters. The molecule has 0 bridgehead atoms. The smallest absolute Gasteiger partial charge is 0.302 e. The first kappa shape index (κ1) is 32.8. The molecule has 0 aliphatic carbocycles. The summed E-state index contributed by atoms with van der Waals surface area (Å²) in [6, 6.07) is 9.33. The third-order valence-electron chi connectivity index (χ3n) is 4.26. The molecule has 0 amide bonds. The van der Waals surface area contributed by atoms with E-state index in [-0.39, 0.29) is 50.0 Å². The van der Waals surface area contributed by atoms with Gasteiger partial charge < -0.3 is 9.47 Å². The summed E-state index contributed by atoms with van der Waals surface area (Å²) in [5.74, 6) is -0.642. The number of hydrogen-bond acceptors (Lipinski definition) is 6. The fourth-order valence-corrected chi connectivity index (χ4v) is 6.37. The third-order valence-corrected chi connectivity index (χ3v) is 8.27. The van der Waals surface area contributed by atoms with Crippen LogP contribution in [0.15, 0.2) is 36.4 Å². The summed E-state index contributed by atoms with van der Waals surface area (Å²) >= 11 is 27.8. The monoisotopic (exact) mass is 658 g/mol. The van der Waals surface area contributed by atoms with Crippen molar-refractivity contribution >= 4 is 93.2 Å². The predicted molar refractivity (Wildman–Crippen MR) is 150 cm³/mol. The average molecular weight is 661 g/mol. The minimum absolute atomic E-state index is 0.0842. The number of ether oxygens (including phenoxy) is 2. The van der Waals surface area contributed by atoms with Crippen LogP contribution in [0.5, 0.6) is 0 Å². The lowest BCUT2D eigenvalue weighted by Gasteiger charge is -2.18. The van der Waals surface area contributed by atoms with Crippen molar-refractivity contribution < 1.29 is 28.7 Å². The zero-order valence-electron chi connectivity index (χ0n) is 19.5. The van der Waals surface area contributed by atoms with Crippen LogP contribution in [-0.2, 0) is 19.1 Å². The van der Waals surface area contributed by atoms with E-state index in [9.17, 15) is 19.2 Å². The van der Waals surface area contributed by atoms with Gasteiger partial charge in [0.15, 0.2) is 11.0 Å². The first-order valence-corrected chi connectivity index (χ1v) is 14.7. The fourth-order valence-electron chi connectivity index (χ4n) is 2.68. The van der Waals surface area contributed by atoms with Gasteiger partial charge in [0, 0.05) is 27.1 Å². The third kappa shape index (κ3) is 11.0. The number of rotatable bonds is 11. The molecule has 2 rings (SSSR count). The Bertz CT molecular complexity index is 979. The molecule has 0 N–H and O–H groups in total. The Hall–Kier alpha value is -1.21. The molecule has 0 unspecified atom stereocenters. The number of halogens is 5. The van der Waals surface area contributed by atoms with Crippen LogP contribution in [-0.4, -0.2) is 47.7 Å². The van der Waals surface area contributed by atoms with Crippen molar-refractivity contribution in [3.63, 3.8) is 0 Å². The van der Waals surface area contributed by atoms with E-state index in [0.29, 0.717) is 13.0 Å². The Morgan fingerprint density at radius 1 is 0.722 bits per heavy atom. The number of alkyl halides is 1. The Labute approximate surface area is 239 Å². The first-order chi connectivity index (χ1) is 17.0. The zero-order valence-corrected chi connectivity index (χ0v) is 25.0. The lowest BCUT2D eigenvalue weighted by Crippen LogP contribution is -2.13. The summed E-state index contributed by atoms with van der Waals surface area (Å²) in [5.41, 5.74) is -0.786. The molecular weight excluding hydrogens is 637 g/mol. The Morgan fingerprint density at radius 2 is 1.08 bits per heavy atom. The number of carbonyl (C=O) groups is 4. The van der Waals surface area contributed by atoms with Crippen LogP contribution in [0.4, 0.5) is 0 Å². The van der Waals surface area contributed by atoms with E-state index in [4.69, 9.17) is 51.1 Å². The molecule has 0 radical (unpaired) electrons. The van der Waals surface area contributed by atoms with Crippen molar-refractivity contribution in [1.82, 2.24) is 0 Å². The molecule has 2 aromatic carbocycles. The van der Waals surface area contributed by atoms with Gasteiger partial charge >= 0.3 is 11.9 Å². The second kappa shape index (κ2) is 17.3. The van der Waals surface area contributed by atoms with E-state index >= 15 is 0 Å². The van der Waals surface area contributed by atoms with E-state index in [1.807, 2.05) is 0 Å². The van der Waals surface area contributed by atoms with Crippen LogP contribution in [0.3, 0.4) is 0 Å². The molecule has 0 spiro atoms. The average Bonchev–Trinajstić information content (AvgIpc) is 2.79. The Kier molecular flexibility index (Phi) is 15.8. The van der Waals surface area contributed by atoms with Gasteiger partial charge in [-0.1, -0.05) is 74.5 Å². The maximum atomic E-state index is 13.2. The number of esters is 2. The Balaban J connectivity index is 0.000000697. The lowest BCUT2D eigenvalue weighted by molar-refractivity contribution is -0.141. The van der Waals surface area contributed by atoms with Crippen molar-refractivity contribution in [3.8, 4) is 0 Å². The van der Waals surface area contributed by atoms with E-state index < -0.39 is 24.9 Å². The standard InChI is InChI=1S/C19H15Cl4O4P.C5H9BrO2/c1-11(24)27-9-4-10-28(18(25)16-12(20)5-2-6-13(16)21)19(26)17-14(22)7-3-8-15(17)23;1-5(7)8-4-2-3-6/h2-3,5-8H,4,9-10H2,1H3;2-4H2,1H3. The van der Waals surface area contributed by atoms with Gasteiger partial charge in [-0.05, 0) is 43.3 Å². The summed E-state index contributed by atoms with van der Waals surface area (Å²) in [6.45, 7) is 3.31. The molecule has 0 heterocycles. The SMILES string of the molecule is CC(=O)OCCCBr.CC(=O)OCCCP(C(=O)c1c(Cl)cccc1Cl)C(=O)c1c(Cl)cccc1Cl. The van der Waals surface area contributed by atoms with Gasteiger partial charge in [-0.25, -0.2) is 0 Å². The summed E-state index contributed by atoms with van der Waals surface area (Å²) in [5, 5.41) is 1.51. The number of hydrogen-bond donors (Lipinski definition) is 0. The molecule has 6 nitrogen and oxygen atoms in total. The minimum Gasteiger partial charge on any atom is -0.466 e. The van der Waals surface area contributed by atoms with Crippen LogP contribution in [0, 0.1) is 0 Å². The van der Waals surface area contributed by atoms with E-state index in [1.54, 1.807) is 12.1 Å². The van der Waals surface area contributed by atoms with Crippen LogP contribution in [0.25, 0.3) is 0 Å². The summed E-state index contributed by atoms with van der Waals surface area (Å²) in [4.78, 5) is 47.4. The fraction of sp³-hybridized carbons (Fsp3) is 0.333. The minimum atomic E-state index is -1.94. The van der Waals surface area contributed by atoms with Crippen LogP contribution in [0.2, 0.25) is 20.1 Å². The van der Waals surface area contributed by atoms with Crippen molar-refractivity contribution in [2.45, 2.75) is 26.7 Å². The van der Waals surface area contributed by atoms with Crippen molar-refractivity contribution in [2.24, 2.45) is 0 Å². The summed E-state index contributed by atoms with van der Waals surface area (Å²) < 4.78 is 9.52. The predicted octanol–water partition coefficient (Wildman–Crippen LogP) is 8.05. The Morgan fingerprint density at radius 3 is 1.42 bits per heavy atom. The van der Waals surface area contributed by atoms with Gasteiger partial charge in [0.05, 0.1) is 44.4 Å². The topological polar surface area (TPSA) is 86.7 Å². The second-order valence-electron chi connectivity index (χ2n) is 7.03.